The molecule has 5 nitrogen and oxygen atoms in total. The molecule has 21 heavy (non-hydrogen) atoms. The maximum atomic E-state index is 12.7. The second-order valence-corrected chi connectivity index (χ2v) is 9.08. The van der Waals surface area contributed by atoms with E-state index in [1.54, 1.807) is 6.92 Å². The quantitative estimate of drug-likeness (QED) is 0.874. The molecule has 0 heterocycles. The molecule has 0 bridgehead atoms. The van der Waals surface area contributed by atoms with Crippen molar-refractivity contribution in [1.29, 1.82) is 0 Å². The number of hydrogen-bond donors (Lipinski definition) is 1. The minimum atomic E-state index is -3.74. The van der Waals surface area contributed by atoms with Crippen LogP contribution in [0.25, 0.3) is 0 Å². The molecule has 1 N–H and O–H groups in total. The fraction of sp³-hybridized carbons (Fsp3) is 0.500. The first-order chi connectivity index (χ1) is 9.36. The van der Waals surface area contributed by atoms with Crippen molar-refractivity contribution in [2.24, 2.45) is 5.41 Å². The number of aromatic carboxylic acids is 1. The van der Waals surface area contributed by atoms with Crippen LogP contribution in [0.3, 0.4) is 0 Å². The average molecular weight is 378 g/mol. The molecule has 0 spiro atoms. The number of nitrogens with zero attached hydrogens (tertiary/aromatic N) is 1. The van der Waals surface area contributed by atoms with E-state index in [4.69, 9.17) is 5.11 Å². The number of rotatable bonds is 4. The van der Waals surface area contributed by atoms with Crippen LogP contribution in [0.2, 0.25) is 0 Å². The molecular weight excluding hydrogens is 358 g/mol. The van der Waals surface area contributed by atoms with Crippen LogP contribution in [0.15, 0.2) is 21.5 Å². The molecule has 0 aromatic heterocycles. The molecule has 118 valence electrons. The van der Waals surface area contributed by atoms with Crippen molar-refractivity contribution in [3.05, 3.63) is 27.7 Å². The molecule has 0 amide bonds. The minimum absolute atomic E-state index is 0.0148. The van der Waals surface area contributed by atoms with Gasteiger partial charge in [0.1, 0.15) is 0 Å². The molecule has 0 saturated carbocycles. The number of carbonyl (C=O) groups is 1. The van der Waals surface area contributed by atoms with Gasteiger partial charge in [-0.05, 0) is 30.0 Å². The van der Waals surface area contributed by atoms with Gasteiger partial charge in [-0.2, -0.15) is 0 Å². The van der Waals surface area contributed by atoms with Gasteiger partial charge in [-0.15, -0.1) is 0 Å². The Balaban J connectivity index is 3.41. The van der Waals surface area contributed by atoms with Crippen molar-refractivity contribution in [1.82, 2.24) is 4.31 Å². The van der Waals surface area contributed by atoms with Crippen molar-refractivity contribution in [2.75, 3.05) is 13.6 Å². The predicted octanol–water partition coefficient (Wildman–Crippen LogP) is 3.12. The SMILES string of the molecule is Cc1c(Br)cc(C(=O)O)cc1S(=O)(=O)N(C)CC(C)(C)C. The lowest BCUT2D eigenvalue weighted by molar-refractivity contribution is 0.0696. The van der Waals surface area contributed by atoms with Crippen molar-refractivity contribution in [3.8, 4) is 0 Å². The van der Waals surface area contributed by atoms with Gasteiger partial charge in [0.05, 0.1) is 10.5 Å². The topological polar surface area (TPSA) is 74.7 Å². The average Bonchev–Trinajstić information content (AvgIpc) is 2.29. The Hall–Kier alpha value is -0.920. The highest BCUT2D eigenvalue weighted by atomic mass is 79.9. The number of benzene rings is 1. The van der Waals surface area contributed by atoms with Crippen LogP contribution < -0.4 is 0 Å². The van der Waals surface area contributed by atoms with Crippen LogP contribution >= 0.6 is 15.9 Å². The zero-order chi connectivity index (χ0) is 16.6. The Morgan fingerprint density at radius 1 is 1.33 bits per heavy atom. The van der Waals surface area contributed by atoms with Crippen LogP contribution in [-0.2, 0) is 10.0 Å². The number of halogens is 1. The number of hydrogen-bond acceptors (Lipinski definition) is 3. The first-order valence-corrected chi connectivity index (χ1v) is 8.59. The normalized spacial score (nSPS) is 12.7. The molecule has 7 heteroatoms. The Kier molecular flexibility index (Phi) is 5.23. The molecule has 0 aliphatic rings. The van der Waals surface area contributed by atoms with Gasteiger partial charge >= 0.3 is 5.97 Å². The number of carboxylic acids is 1. The molecule has 0 saturated heterocycles. The lowest BCUT2D eigenvalue weighted by Gasteiger charge is -2.26. The Morgan fingerprint density at radius 3 is 2.29 bits per heavy atom. The molecule has 0 aliphatic heterocycles. The summed E-state index contributed by atoms with van der Waals surface area (Å²) in [5, 5.41) is 9.09. The van der Waals surface area contributed by atoms with Crippen LogP contribution in [0.5, 0.6) is 0 Å². The molecule has 0 fully saturated rings. The van der Waals surface area contributed by atoms with Gasteiger partial charge in [0, 0.05) is 18.1 Å². The third-order valence-corrected chi connectivity index (χ3v) is 5.68. The maximum Gasteiger partial charge on any atom is 0.335 e. The third-order valence-electron chi connectivity index (χ3n) is 2.93. The van der Waals surface area contributed by atoms with Gasteiger partial charge in [0.2, 0.25) is 10.0 Å². The molecule has 1 rings (SSSR count). The monoisotopic (exact) mass is 377 g/mol. The van der Waals surface area contributed by atoms with Crippen molar-refractivity contribution < 1.29 is 18.3 Å². The Morgan fingerprint density at radius 2 is 1.86 bits per heavy atom. The lowest BCUT2D eigenvalue weighted by atomic mass is 9.97. The molecule has 1 aromatic carbocycles. The zero-order valence-electron chi connectivity index (χ0n) is 12.8. The van der Waals surface area contributed by atoms with E-state index in [0.29, 0.717) is 16.6 Å². The van der Waals surface area contributed by atoms with Crippen molar-refractivity contribution in [2.45, 2.75) is 32.6 Å². The van der Waals surface area contributed by atoms with E-state index in [1.165, 1.54) is 23.5 Å². The summed E-state index contributed by atoms with van der Waals surface area (Å²) < 4.78 is 27.1. The van der Waals surface area contributed by atoms with Gasteiger partial charge in [-0.1, -0.05) is 36.7 Å². The van der Waals surface area contributed by atoms with Crippen LogP contribution in [0.1, 0.15) is 36.7 Å². The second-order valence-electron chi connectivity index (χ2n) is 6.21. The van der Waals surface area contributed by atoms with E-state index >= 15 is 0 Å². The molecule has 0 atom stereocenters. The van der Waals surface area contributed by atoms with Crippen molar-refractivity contribution >= 4 is 31.9 Å². The smallest absolute Gasteiger partial charge is 0.335 e. The zero-order valence-corrected chi connectivity index (χ0v) is 15.2. The van der Waals surface area contributed by atoms with E-state index in [2.05, 4.69) is 15.9 Å². The van der Waals surface area contributed by atoms with Gasteiger partial charge < -0.3 is 5.11 Å². The molecule has 0 unspecified atom stereocenters. The first-order valence-electron chi connectivity index (χ1n) is 6.36. The van der Waals surface area contributed by atoms with Gasteiger partial charge in [-0.25, -0.2) is 17.5 Å². The minimum Gasteiger partial charge on any atom is -0.478 e. The van der Waals surface area contributed by atoms with E-state index in [0.717, 1.165) is 0 Å². The van der Waals surface area contributed by atoms with Crippen molar-refractivity contribution in [3.63, 3.8) is 0 Å². The highest BCUT2D eigenvalue weighted by Gasteiger charge is 2.28. The summed E-state index contributed by atoms with van der Waals surface area (Å²) in [6.07, 6.45) is 0. The molecular formula is C14H20BrNO4S. The summed E-state index contributed by atoms with van der Waals surface area (Å²) in [5.74, 6) is -1.16. The van der Waals surface area contributed by atoms with Gasteiger partial charge in [0.25, 0.3) is 0 Å². The summed E-state index contributed by atoms with van der Waals surface area (Å²) in [5.41, 5.74) is 0.244. The predicted molar refractivity (Wildman–Crippen MR) is 85.1 cm³/mol. The van der Waals surface area contributed by atoms with E-state index < -0.39 is 16.0 Å². The highest BCUT2D eigenvalue weighted by Crippen LogP contribution is 2.29. The Bertz CT molecular complexity index is 662. The fourth-order valence-corrected chi connectivity index (χ4v) is 4.22. The summed E-state index contributed by atoms with van der Waals surface area (Å²) in [6, 6.07) is 2.61. The van der Waals surface area contributed by atoms with Crippen LogP contribution in [-0.4, -0.2) is 37.4 Å². The third kappa shape index (κ3) is 4.28. The summed E-state index contributed by atoms with van der Waals surface area (Å²) in [4.78, 5) is 11.1. The first kappa shape index (κ1) is 18.1. The standard InChI is InChI=1S/C14H20BrNO4S/c1-9-11(15)6-10(13(17)18)7-12(9)21(19,20)16(5)8-14(2,3)4/h6-7H,8H2,1-5H3,(H,17,18). The lowest BCUT2D eigenvalue weighted by Crippen LogP contribution is -2.35. The summed E-state index contributed by atoms with van der Waals surface area (Å²) in [7, 11) is -2.24. The van der Waals surface area contributed by atoms with Gasteiger partial charge in [0.15, 0.2) is 0 Å². The van der Waals surface area contributed by atoms with Crippen LogP contribution in [0.4, 0.5) is 0 Å². The Labute approximate surface area is 134 Å². The van der Waals surface area contributed by atoms with Gasteiger partial charge in [-0.3, -0.25) is 0 Å². The number of carboxylic acid groups (broad SMARTS) is 1. The summed E-state index contributed by atoms with van der Waals surface area (Å²) in [6.45, 7) is 7.80. The largest absolute Gasteiger partial charge is 0.478 e. The van der Waals surface area contributed by atoms with E-state index in [1.807, 2.05) is 20.8 Å². The van der Waals surface area contributed by atoms with E-state index in [-0.39, 0.29) is 15.9 Å². The fourth-order valence-electron chi connectivity index (χ4n) is 1.97. The molecule has 0 aliphatic carbocycles. The molecule has 0 radical (unpaired) electrons. The summed E-state index contributed by atoms with van der Waals surface area (Å²) >= 11 is 3.22. The highest BCUT2D eigenvalue weighted by molar-refractivity contribution is 9.10. The second kappa shape index (κ2) is 6.06. The van der Waals surface area contributed by atoms with Crippen LogP contribution in [0, 0.1) is 12.3 Å². The maximum absolute atomic E-state index is 12.7. The number of sulfonamides is 1. The molecule has 1 aromatic rings. The van der Waals surface area contributed by atoms with E-state index in [9.17, 15) is 13.2 Å².